The molecule has 4 heteroatoms. The first-order valence-corrected chi connectivity index (χ1v) is 6.72. The summed E-state index contributed by atoms with van der Waals surface area (Å²) in [6.45, 7) is 1.20. The molecule has 1 aliphatic carbocycles. The van der Waals surface area contributed by atoms with E-state index in [2.05, 4.69) is 5.32 Å². The van der Waals surface area contributed by atoms with Crippen LogP contribution in [0.3, 0.4) is 0 Å². The van der Waals surface area contributed by atoms with Crippen molar-refractivity contribution in [2.24, 2.45) is 0 Å². The van der Waals surface area contributed by atoms with Crippen LogP contribution in [0.1, 0.15) is 31.2 Å². The molecule has 1 aromatic rings. The Labute approximate surface area is 112 Å². The smallest absolute Gasteiger partial charge is 0.0771 e. The van der Waals surface area contributed by atoms with Crippen molar-refractivity contribution in [2.45, 2.75) is 37.8 Å². The van der Waals surface area contributed by atoms with Gasteiger partial charge in [-0.05, 0) is 25.0 Å². The van der Waals surface area contributed by atoms with E-state index < -0.39 is 5.60 Å². The number of hydrogen-bond acceptors (Lipinski definition) is 2. The van der Waals surface area contributed by atoms with Crippen molar-refractivity contribution in [3.8, 4) is 0 Å². The largest absolute Gasteiger partial charge is 0.389 e. The fourth-order valence-corrected chi connectivity index (χ4v) is 2.86. The van der Waals surface area contributed by atoms with Gasteiger partial charge in [0.25, 0.3) is 0 Å². The van der Waals surface area contributed by atoms with Gasteiger partial charge < -0.3 is 10.4 Å². The summed E-state index contributed by atoms with van der Waals surface area (Å²) in [5.41, 5.74) is 0.366. The summed E-state index contributed by atoms with van der Waals surface area (Å²) in [6, 6.07) is 5.49. The average Bonchev–Trinajstić information content (AvgIpc) is 2.70. The Morgan fingerprint density at radius 2 is 1.76 bits per heavy atom. The zero-order valence-corrected chi connectivity index (χ0v) is 11.2. The van der Waals surface area contributed by atoms with Gasteiger partial charge in [-0.25, -0.2) is 0 Å². The van der Waals surface area contributed by atoms with Crippen molar-refractivity contribution in [1.82, 2.24) is 5.32 Å². The molecule has 17 heavy (non-hydrogen) atoms. The van der Waals surface area contributed by atoms with Gasteiger partial charge in [0, 0.05) is 28.7 Å². The molecular formula is C13H17Cl2NO. The second-order valence-electron chi connectivity index (χ2n) is 4.74. The van der Waals surface area contributed by atoms with Crippen LogP contribution in [-0.2, 0) is 6.54 Å². The monoisotopic (exact) mass is 273 g/mol. The number of nitrogens with one attached hydrogen (secondary N) is 1. The highest BCUT2D eigenvalue weighted by molar-refractivity contribution is 6.35. The normalized spacial score (nSPS) is 18.5. The molecule has 0 spiro atoms. The third-order valence-corrected chi connectivity index (χ3v) is 4.06. The summed E-state index contributed by atoms with van der Waals surface area (Å²) >= 11 is 12.1. The maximum atomic E-state index is 10.2. The molecule has 94 valence electrons. The molecule has 1 aromatic carbocycles. The summed E-state index contributed by atoms with van der Waals surface area (Å²) < 4.78 is 0. The van der Waals surface area contributed by atoms with Gasteiger partial charge in [-0.1, -0.05) is 42.1 Å². The Hall–Kier alpha value is -0.280. The SMILES string of the molecule is OC1(CNCc2c(Cl)cccc2Cl)CCCC1. The first-order chi connectivity index (χ1) is 8.11. The molecule has 0 unspecified atom stereocenters. The number of halogens is 2. The van der Waals surface area contributed by atoms with Crippen molar-refractivity contribution in [2.75, 3.05) is 6.54 Å². The molecule has 2 N–H and O–H groups in total. The van der Waals surface area contributed by atoms with E-state index in [9.17, 15) is 5.11 Å². The Bertz CT molecular complexity index is 369. The topological polar surface area (TPSA) is 32.3 Å². The zero-order valence-electron chi connectivity index (χ0n) is 9.68. The molecule has 0 atom stereocenters. The molecule has 0 aromatic heterocycles. The fraction of sp³-hybridized carbons (Fsp3) is 0.538. The molecule has 1 fully saturated rings. The Morgan fingerprint density at radius 1 is 1.18 bits per heavy atom. The van der Waals surface area contributed by atoms with Gasteiger partial charge in [0.05, 0.1) is 5.60 Å². The van der Waals surface area contributed by atoms with E-state index in [1.54, 1.807) is 0 Å². The van der Waals surface area contributed by atoms with E-state index >= 15 is 0 Å². The minimum absolute atomic E-state index is 0.534. The highest BCUT2D eigenvalue weighted by Crippen LogP contribution is 2.29. The van der Waals surface area contributed by atoms with Crippen LogP contribution in [-0.4, -0.2) is 17.3 Å². The van der Waals surface area contributed by atoms with Crippen LogP contribution in [0, 0.1) is 0 Å². The van der Waals surface area contributed by atoms with E-state index in [4.69, 9.17) is 23.2 Å². The molecular weight excluding hydrogens is 257 g/mol. The van der Waals surface area contributed by atoms with Gasteiger partial charge in [0.2, 0.25) is 0 Å². The van der Waals surface area contributed by atoms with E-state index in [-0.39, 0.29) is 0 Å². The van der Waals surface area contributed by atoms with Crippen LogP contribution >= 0.6 is 23.2 Å². The van der Waals surface area contributed by atoms with Gasteiger partial charge >= 0.3 is 0 Å². The molecule has 0 bridgehead atoms. The lowest BCUT2D eigenvalue weighted by Crippen LogP contribution is -2.37. The molecule has 0 aliphatic heterocycles. The standard InChI is InChI=1S/C13H17Cl2NO/c14-11-4-3-5-12(15)10(11)8-16-9-13(17)6-1-2-7-13/h3-5,16-17H,1-2,6-9H2. The molecule has 0 heterocycles. The predicted molar refractivity (Wildman–Crippen MR) is 71.6 cm³/mol. The Kier molecular flexibility index (Phi) is 4.31. The lowest BCUT2D eigenvalue weighted by Gasteiger charge is -2.22. The van der Waals surface area contributed by atoms with Crippen LogP contribution in [0.15, 0.2) is 18.2 Å². The van der Waals surface area contributed by atoms with Gasteiger partial charge in [0.15, 0.2) is 0 Å². The average molecular weight is 274 g/mol. The highest BCUT2D eigenvalue weighted by atomic mass is 35.5. The lowest BCUT2D eigenvalue weighted by molar-refractivity contribution is 0.0475. The number of aliphatic hydroxyl groups is 1. The molecule has 0 radical (unpaired) electrons. The molecule has 2 nitrogen and oxygen atoms in total. The maximum Gasteiger partial charge on any atom is 0.0771 e. The van der Waals surface area contributed by atoms with E-state index in [1.165, 1.54) is 0 Å². The number of rotatable bonds is 4. The molecule has 0 saturated heterocycles. The minimum Gasteiger partial charge on any atom is -0.389 e. The first-order valence-electron chi connectivity index (χ1n) is 5.97. The molecule has 1 aliphatic rings. The quantitative estimate of drug-likeness (QED) is 0.882. The van der Waals surface area contributed by atoms with Crippen LogP contribution in [0.25, 0.3) is 0 Å². The van der Waals surface area contributed by atoms with Crippen LogP contribution < -0.4 is 5.32 Å². The third-order valence-electron chi connectivity index (χ3n) is 3.35. The Morgan fingerprint density at radius 3 is 2.35 bits per heavy atom. The van der Waals surface area contributed by atoms with Gasteiger partial charge in [-0.15, -0.1) is 0 Å². The summed E-state index contributed by atoms with van der Waals surface area (Å²) in [4.78, 5) is 0. The van der Waals surface area contributed by atoms with E-state index in [0.717, 1.165) is 31.2 Å². The van der Waals surface area contributed by atoms with Crippen molar-refractivity contribution in [3.63, 3.8) is 0 Å². The third kappa shape index (κ3) is 3.35. The maximum absolute atomic E-state index is 10.2. The zero-order chi connectivity index (χ0) is 12.3. The van der Waals surface area contributed by atoms with Gasteiger partial charge in [-0.2, -0.15) is 0 Å². The van der Waals surface area contributed by atoms with Gasteiger partial charge in [-0.3, -0.25) is 0 Å². The van der Waals surface area contributed by atoms with Crippen molar-refractivity contribution < 1.29 is 5.11 Å². The predicted octanol–water partition coefficient (Wildman–Crippen LogP) is 3.39. The van der Waals surface area contributed by atoms with Crippen molar-refractivity contribution >= 4 is 23.2 Å². The van der Waals surface area contributed by atoms with Crippen LogP contribution in [0.5, 0.6) is 0 Å². The first kappa shape index (κ1) is 13.2. The molecule has 2 rings (SSSR count). The fourth-order valence-electron chi connectivity index (χ4n) is 2.33. The summed E-state index contributed by atoms with van der Waals surface area (Å²) in [6.07, 6.45) is 4.00. The van der Waals surface area contributed by atoms with E-state index in [1.807, 2.05) is 18.2 Å². The van der Waals surface area contributed by atoms with Crippen molar-refractivity contribution in [1.29, 1.82) is 0 Å². The van der Waals surface area contributed by atoms with Crippen LogP contribution in [0.2, 0.25) is 10.0 Å². The minimum atomic E-state index is -0.534. The number of hydrogen-bond donors (Lipinski definition) is 2. The van der Waals surface area contributed by atoms with Crippen molar-refractivity contribution in [3.05, 3.63) is 33.8 Å². The lowest BCUT2D eigenvalue weighted by atomic mass is 10.0. The highest BCUT2D eigenvalue weighted by Gasteiger charge is 2.30. The van der Waals surface area contributed by atoms with Gasteiger partial charge in [0.1, 0.15) is 0 Å². The second-order valence-corrected chi connectivity index (χ2v) is 5.55. The summed E-state index contributed by atoms with van der Waals surface area (Å²) in [5.74, 6) is 0. The Balaban J connectivity index is 1.90. The van der Waals surface area contributed by atoms with Crippen LogP contribution in [0.4, 0.5) is 0 Å². The molecule has 0 amide bonds. The summed E-state index contributed by atoms with van der Waals surface area (Å²) in [7, 11) is 0. The summed E-state index contributed by atoms with van der Waals surface area (Å²) in [5, 5.41) is 14.8. The second kappa shape index (κ2) is 5.57. The molecule has 1 saturated carbocycles. The number of benzene rings is 1. The van der Waals surface area contributed by atoms with E-state index in [0.29, 0.717) is 23.1 Å².